The number of aliphatic hydroxyl groups is 1. The molecule has 1 saturated carbocycles. The van der Waals surface area contributed by atoms with Gasteiger partial charge in [-0.3, -0.25) is 0 Å². The summed E-state index contributed by atoms with van der Waals surface area (Å²) >= 11 is 0. The van der Waals surface area contributed by atoms with Gasteiger partial charge in [0.2, 0.25) is 0 Å². The van der Waals surface area contributed by atoms with E-state index in [9.17, 15) is 5.11 Å². The normalized spacial score (nSPS) is 41.6. The van der Waals surface area contributed by atoms with Crippen molar-refractivity contribution in [3.05, 3.63) is 35.9 Å². The van der Waals surface area contributed by atoms with E-state index in [1.165, 1.54) is 5.56 Å². The van der Waals surface area contributed by atoms with Crippen molar-refractivity contribution < 1.29 is 9.84 Å². The Balaban J connectivity index is 1.92. The van der Waals surface area contributed by atoms with Gasteiger partial charge < -0.3 is 9.84 Å². The van der Waals surface area contributed by atoms with Crippen molar-refractivity contribution in [2.45, 2.75) is 30.7 Å². The van der Waals surface area contributed by atoms with Crippen molar-refractivity contribution in [1.82, 2.24) is 0 Å². The van der Waals surface area contributed by atoms with Gasteiger partial charge in [-0.05, 0) is 5.56 Å². The molecule has 3 rings (SSSR count). The summed E-state index contributed by atoms with van der Waals surface area (Å²) in [5.41, 5.74) is 1.21. The van der Waals surface area contributed by atoms with Crippen LogP contribution in [0.5, 0.6) is 0 Å². The third-order valence-corrected chi connectivity index (χ3v) is 3.05. The lowest BCUT2D eigenvalue weighted by atomic mass is 9.95. The zero-order valence-electron chi connectivity index (χ0n) is 7.26. The van der Waals surface area contributed by atoms with E-state index >= 15 is 0 Å². The number of aliphatic hydroxyl groups excluding tert-OH is 1. The van der Waals surface area contributed by atoms with Crippen molar-refractivity contribution in [3.63, 3.8) is 0 Å². The summed E-state index contributed by atoms with van der Waals surface area (Å²) in [6, 6.07) is 10.2. The molecule has 1 aromatic rings. The van der Waals surface area contributed by atoms with Crippen LogP contribution in [0.2, 0.25) is 0 Å². The summed E-state index contributed by atoms with van der Waals surface area (Å²) in [5, 5.41) is 9.76. The van der Waals surface area contributed by atoms with Crippen LogP contribution in [0.1, 0.15) is 17.9 Å². The first-order valence-corrected chi connectivity index (χ1v) is 4.75. The summed E-state index contributed by atoms with van der Waals surface area (Å²) in [5.74, 6) is 0.214. The predicted molar refractivity (Wildman–Crippen MR) is 48.5 cm³/mol. The second kappa shape index (κ2) is 2.56. The van der Waals surface area contributed by atoms with E-state index in [0.29, 0.717) is 6.10 Å². The van der Waals surface area contributed by atoms with E-state index in [2.05, 4.69) is 12.1 Å². The first-order chi connectivity index (χ1) is 6.36. The number of fused-ring (bicyclic) bond motifs is 1. The zero-order chi connectivity index (χ0) is 8.84. The zero-order valence-corrected chi connectivity index (χ0v) is 7.26. The lowest BCUT2D eigenvalue weighted by molar-refractivity contribution is 0.107. The standard InChI is InChI=1S/C11H12O2/c12-8-6-9-11(13-9)10(8)7-4-2-1-3-5-7/h1-5,8-12H,6H2. The van der Waals surface area contributed by atoms with Gasteiger partial charge in [-0.2, -0.15) is 0 Å². The molecule has 2 aliphatic rings. The molecule has 0 amide bonds. The van der Waals surface area contributed by atoms with Crippen LogP contribution in [0, 0.1) is 0 Å². The lowest BCUT2D eigenvalue weighted by Gasteiger charge is -2.16. The van der Waals surface area contributed by atoms with Gasteiger partial charge in [0.1, 0.15) is 0 Å². The maximum atomic E-state index is 9.76. The third-order valence-electron chi connectivity index (χ3n) is 3.05. The molecule has 4 atom stereocenters. The summed E-state index contributed by atoms with van der Waals surface area (Å²) in [7, 11) is 0. The highest BCUT2D eigenvalue weighted by Crippen LogP contribution is 2.48. The van der Waals surface area contributed by atoms with E-state index < -0.39 is 0 Å². The Hall–Kier alpha value is -0.860. The van der Waals surface area contributed by atoms with E-state index in [-0.39, 0.29) is 18.1 Å². The maximum Gasteiger partial charge on any atom is 0.0936 e. The molecule has 2 fully saturated rings. The van der Waals surface area contributed by atoms with E-state index in [0.717, 1.165) is 6.42 Å². The van der Waals surface area contributed by atoms with Crippen LogP contribution in [0.4, 0.5) is 0 Å². The summed E-state index contributed by atoms with van der Waals surface area (Å²) < 4.78 is 5.43. The lowest BCUT2D eigenvalue weighted by Crippen LogP contribution is -2.17. The minimum Gasteiger partial charge on any atom is -0.392 e. The molecule has 1 aliphatic carbocycles. The Morgan fingerprint density at radius 1 is 1.23 bits per heavy atom. The Labute approximate surface area is 77.2 Å². The quantitative estimate of drug-likeness (QED) is 0.654. The largest absolute Gasteiger partial charge is 0.392 e. The molecule has 1 aliphatic heterocycles. The van der Waals surface area contributed by atoms with Gasteiger partial charge in [-0.25, -0.2) is 0 Å². The van der Waals surface area contributed by atoms with Crippen LogP contribution in [-0.2, 0) is 4.74 Å². The molecule has 2 heteroatoms. The highest BCUT2D eigenvalue weighted by molar-refractivity contribution is 5.27. The van der Waals surface area contributed by atoms with Crippen LogP contribution in [-0.4, -0.2) is 23.4 Å². The number of hydrogen-bond donors (Lipinski definition) is 1. The third kappa shape index (κ3) is 1.10. The Morgan fingerprint density at radius 3 is 2.62 bits per heavy atom. The molecule has 68 valence electrons. The van der Waals surface area contributed by atoms with Gasteiger partial charge >= 0.3 is 0 Å². The molecule has 4 unspecified atom stereocenters. The highest BCUT2D eigenvalue weighted by Gasteiger charge is 2.55. The van der Waals surface area contributed by atoms with Gasteiger partial charge in [0.05, 0.1) is 18.3 Å². The molecule has 1 heterocycles. The highest BCUT2D eigenvalue weighted by atomic mass is 16.6. The number of benzene rings is 1. The van der Waals surface area contributed by atoms with Crippen molar-refractivity contribution >= 4 is 0 Å². The maximum absolute atomic E-state index is 9.76. The fourth-order valence-corrected chi connectivity index (χ4v) is 2.35. The summed E-state index contributed by atoms with van der Waals surface area (Å²) in [6.07, 6.45) is 1.23. The van der Waals surface area contributed by atoms with Crippen LogP contribution in [0.15, 0.2) is 30.3 Å². The van der Waals surface area contributed by atoms with Gasteiger partial charge in [0, 0.05) is 12.3 Å². The van der Waals surface area contributed by atoms with Gasteiger partial charge in [0.15, 0.2) is 0 Å². The van der Waals surface area contributed by atoms with Crippen LogP contribution < -0.4 is 0 Å². The molecular weight excluding hydrogens is 164 g/mol. The van der Waals surface area contributed by atoms with Gasteiger partial charge in [-0.1, -0.05) is 30.3 Å². The summed E-state index contributed by atoms with van der Waals surface area (Å²) in [4.78, 5) is 0. The SMILES string of the molecule is OC1CC2OC2C1c1ccccc1. The van der Waals surface area contributed by atoms with E-state index in [1.807, 2.05) is 18.2 Å². The van der Waals surface area contributed by atoms with Crippen LogP contribution >= 0.6 is 0 Å². The molecule has 0 spiro atoms. The molecule has 0 aromatic heterocycles. The van der Waals surface area contributed by atoms with Gasteiger partial charge in [0.25, 0.3) is 0 Å². The Morgan fingerprint density at radius 2 is 2.00 bits per heavy atom. The van der Waals surface area contributed by atoms with Crippen LogP contribution in [0.25, 0.3) is 0 Å². The monoisotopic (exact) mass is 176 g/mol. The van der Waals surface area contributed by atoms with Crippen molar-refractivity contribution in [1.29, 1.82) is 0 Å². The molecule has 1 aromatic carbocycles. The van der Waals surface area contributed by atoms with Crippen molar-refractivity contribution in [2.24, 2.45) is 0 Å². The number of rotatable bonds is 1. The Bertz CT molecular complexity index is 307. The minimum absolute atomic E-state index is 0.203. The molecule has 2 nitrogen and oxygen atoms in total. The minimum atomic E-state index is -0.203. The smallest absolute Gasteiger partial charge is 0.0936 e. The average molecular weight is 176 g/mol. The molecule has 0 radical (unpaired) electrons. The van der Waals surface area contributed by atoms with E-state index in [1.54, 1.807) is 0 Å². The fourth-order valence-electron chi connectivity index (χ4n) is 2.35. The molecule has 13 heavy (non-hydrogen) atoms. The fraction of sp³-hybridized carbons (Fsp3) is 0.455. The number of ether oxygens (including phenoxy) is 1. The van der Waals surface area contributed by atoms with Crippen molar-refractivity contribution in [2.75, 3.05) is 0 Å². The predicted octanol–water partition coefficient (Wildman–Crippen LogP) is 1.30. The average Bonchev–Trinajstić information content (AvgIpc) is 2.80. The summed E-state index contributed by atoms with van der Waals surface area (Å²) in [6.45, 7) is 0. The number of hydrogen-bond acceptors (Lipinski definition) is 2. The van der Waals surface area contributed by atoms with E-state index in [4.69, 9.17) is 4.74 Å². The van der Waals surface area contributed by atoms with Crippen molar-refractivity contribution in [3.8, 4) is 0 Å². The van der Waals surface area contributed by atoms with Gasteiger partial charge in [-0.15, -0.1) is 0 Å². The second-order valence-electron chi connectivity index (χ2n) is 3.88. The molecule has 0 bridgehead atoms. The molecule has 1 saturated heterocycles. The topological polar surface area (TPSA) is 32.8 Å². The first kappa shape index (κ1) is 7.54. The van der Waals surface area contributed by atoms with Crippen LogP contribution in [0.3, 0.4) is 0 Å². The second-order valence-corrected chi connectivity index (χ2v) is 3.88. The first-order valence-electron chi connectivity index (χ1n) is 4.75. The molecular formula is C11H12O2. The molecule has 1 N–H and O–H groups in total. The number of epoxide rings is 1. The Kier molecular flexibility index (Phi) is 1.49.